The first-order valence-corrected chi connectivity index (χ1v) is 12.1. The third kappa shape index (κ3) is 6.39. The number of phenols is 1. The first-order valence-electron chi connectivity index (χ1n) is 12.1. The van der Waals surface area contributed by atoms with Crippen LogP contribution < -0.4 is 20.5 Å². The summed E-state index contributed by atoms with van der Waals surface area (Å²) >= 11 is 0. The van der Waals surface area contributed by atoms with Crippen molar-refractivity contribution in [3.05, 3.63) is 57.1 Å². The Kier molecular flexibility index (Phi) is 9.53. The van der Waals surface area contributed by atoms with E-state index in [2.05, 4.69) is 11.4 Å². The zero-order chi connectivity index (χ0) is 24.5. The predicted molar refractivity (Wildman–Crippen MR) is 133 cm³/mol. The molecule has 4 N–H and O–H groups in total. The molecule has 0 saturated heterocycles. The summed E-state index contributed by atoms with van der Waals surface area (Å²) < 4.78 is 11.1. The van der Waals surface area contributed by atoms with Crippen LogP contribution in [0.15, 0.2) is 30.3 Å². The van der Waals surface area contributed by atoms with E-state index < -0.39 is 4.92 Å². The standard InChI is InChI=1S/C26H37N3O5/c1-33-25-13-10-19-20(22(27)11-9-21(19)26(25)34-2)7-5-3-4-6-15-28-16-14-18-8-12-24(30)23(17-18)29(31)32/h8,10,12-13,17,20,22,28,30H,3-7,9,11,14-16,27H2,1-2H3. The van der Waals surface area contributed by atoms with Gasteiger partial charge < -0.3 is 25.6 Å². The number of nitrogens with one attached hydrogen (secondary N) is 1. The molecule has 8 heteroatoms. The lowest BCUT2D eigenvalue weighted by atomic mass is 9.76. The molecule has 0 aliphatic heterocycles. The molecule has 0 spiro atoms. The van der Waals surface area contributed by atoms with E-state index in [1.807, 2.05) is 6.07 Å². The van der Waals surface area contributed by atoms with Gasteiger partial charge in [-0.1, -0.05) is 31.4 Å². The SMILES string of the molecule is COc1ccc2c(c1OC)CCC(N)C2CCCCCCNCCc1ccc(O)c([N+](=O)[O-])c1. The second-order valence-corrected chi connectivity index (χ2v) is 8.96. The highest BCUT2D eigenvalue weighted by molar-refractivity contribution is 5.53. The monoisotopic (exact) mass is 471 g/mol. The van der Waals surface area contributed by atoms with Crippen LogP contribution in [0.2, 0.25) is 0 Å². The van der Waals surface area contributed by atoms with Crippen LogP contribution in [-0.2, 0) is 12.8 Å². The van der Waals surface area contributed by atoms with Gasteiger partial charge in [-0.3, -0.25) is 10.1 Å². The minimum Gasteiger partial charge on any atom is -0.502 e. The molecule has 2 atom stereocenters. The topological polar surface area (TPSA) is 120 Å². The molecular weight excluding hydrogens is 434 g/mol. The maximum atomic E-state index is 10.9. The number of methoxy groups -OCH3 is 2. The van der Waals surface area contributed by atoms with E-state index >= 15 is 0 Å². The minimum atomic E-state index is -0.557. The average molecular weight is 472 g/mol. The summed E-state index contributed by atoms with van der Waals surface area (Å²) in [4.78, 5) is 10.4. The van der Waals surface area contributed by atoms with Gasteiger partial charge in [0.05, 0.1) is 19.1 Å². The average Bonchev–Trinajstić information content (AvgIpc) is 2.83. The zero-order valence-electron chi connectivity index (χ0n) is 20.2. The number of hydrogen-bond donors (Lipinski definition) is 3. The number of fused-ring (bicyclic) bond motifs is 1. The van der Waals surface area contributed by atoms with Gasteiger partial charge in [0.1, 0.15) is 0 Å². The molecule has 186 valence electrons. The molecule has 0 amide bonds. The lowest BCUT2D eigenvalue weighted by Crippen LogP contribution is -2.33. The maximum Gasteiger partial charge on any atom is 0.310 e. The Bertz CT molecular complexity index is 966. The minimum absolute atomic E-state index is 0.183. The van der Waals surface area contributed by atoms with E-state index in [1.165, 1.54) is 23.3 Å². The van der Waals surface area contributed by atoms with Crippen LogP contribution in [0.5, 0.6) is 17.2 Å². The van der Waals surface area contributed by atoms with Gasteiger partial charge in [0.2, 0.25) is 0 Å². The number of rotatable bonds is 13. The molecule has 2 aromatic carbocycles. The van der Waals surface area contributed by atoms with E-state index in [-0.39, 0.29) is 17.5 Å². The van der Waals surface area contributed by atoms with Gasteiger partial charge in [-0.25, -0.2) is 0 Å². The molecule has 8 nitrogen and oxygen atoms in total. The molecule has 0 aromatic heterocycles. The molecular formula is C26H37N3O5. The van der Waals surface area contributed by atoms with Crippen molar-refractivity contribution in [1.82, 2.24) is 5.32 Å². The Morgan fingerprint density at radius 2 is 1.91 bits per heavy atom. The molecule has 1 aliphatic carbocycles. The van der Waals surface area contributed by atoms with Crippen LogP contribution in [-0.4, -0.2) is 43.4 Å². The third-order valence-electron chi connectivity index (χ3n) is 6.77. The normalized spacial score (nSPS) is 17.3. The van der Waals surface area contributed by atoms with Gasteiger partial charge in [-0.2, -0.15) is 0 Å². The Morgan fingerprint density at radius 3 is 2.65 bits per heavy atom. The van der Waals surface area contributed by atoms with Crippen molar-refractivity contribution >= 4 is 5.69 Å². The van der Waals surface area contributed by atoms with Crippen molar-refractivity contribution in [3.8, 4) is 17.2 Å². The molecule has 3 rings (SSSR count). The summed E-state index contributed by atoms with van der Waals surface area (Å²) in [6.45, 7) is 1.67. The number of ether oxygens (including phenoxy) is 2. The number of nitro groups is 1. The summed E-state index contributed by atoms with van der Waals surface area (Å²) in [7, 11) is 3.37. The van der Waals surface area contributed by atoms with Crippen molar-refractivity contribution in [2.45, 2.75) is 63.3 Å². The zero-order valence-corrected chi connectivity index (χ0v) is 20.2. The largest absolute Gasteiger partial charge is 0.502 e. The summed E-state index contributed by atoms with van der Waals surface area (Å²) in [6.07, 6.45) is 8.21. The lowest BCUT2D eigenvalue weighted by molar-refractivity contribution is -0.385. The van der Waals surface area contributed by atoms with Crippen LogP contribution in [0.1, 0.15) is 61.1 Å². The summed E-state index contributed by atoms with van der Waals surface area (Å²) in [5.41, 5.74) is 9.66. The number of unbranched alkanes of at least 4 members (excludes halogenated alkanes) is 3. The first-order chi connectivity index (χ1) is 16.5. The van der Waals surface area contributed by atoms with Gasteiger partial charge >= 0.3 is 5.69 Å². The van der Waals surface area contributed by atoms with Gasteiger partial charge in [0, 0.05) is 17.7 Å². The van der Waals surface area contributed by atoms with Crippen molar-refractivity contribution in [3.63, 3.8) is 0 Å². The molecule has 0 heterocycles. The molecule has 0 radical (unpaired) electrons. The number of benzene rings is 2. The van der Waals surface area contributed by atoms with E-state index in [9.17, 15) is 15.2 Å². The van der Waals surface area contributed by atoms with Crippen molar-refractivity contribution < 1.29 is 19.5 Å². The lowest BCUT2D eigenvalue weighted by Gasteiger charge is -2.32. The number of hydrogen-bond acceptors (Lipinski definition) is 7. The molecule has 0 fully saturated rings. The third-order valence-corrected chi connectivity index (χ3v) is 6.77. The summed E-state index contributed by atoms with van der Waals surface area (Å²) in [6, 6.07) is 8.89. The van der Waals surface area contributed by atoms with Crippen LogP contribution in [0, 0.1) is 10.1 Å². The fourth-order valence-electron chi connectivity index (χ4n) is 4.92. The van der Waals surface area contributed by atoms with E-state index in [4.69, 9.17) is 15.2 Å². The van der Waals surface area contributed by atoms with E-state index in [0.29, 0.717) is 12.3 Å². The fraction of sp³-hybridized carbons (Fsp3) is 0.538. The number of nitro benzene ring substituents is 1. The second-order valence-electron chi connectivity index (χ2n) is 8.96. The smallest absolute Gasteiger partial charge is 0.310 e. The predicted octanol–water partition coefficient (Wildman–Crippen LogP) is 4.46. The van der Waals surface area contributed by atoms with Crippen LogP contribution >= 0.6 is 0 Å². The number of phenolic OH excluding ortho intramolecular Hbond substituents is 1. The van der Waals surface area contributed by atoms with Crippen LogP contribution in [0.4, 0.5) is 5.69 Å². The van der Waals surface area contributed by atoms with Gasteiger partial charge in [0.25, 0.3) is 0 Å². The highest BCUT2D eigenvalue weighted by Gasteiger charge is 2.29. The van der Waals surface area contributed by atoms with Crippen LogP contribution in [0.25, 0.3) is 0 Å². The number of nitrogens with two attached hydrogens (primary N) is 1. The number of aromatic hydroxyl groups is 1. The maximum absolute atomic E-state index is 10.9. The number of nitrogens with zero attached hydrogens (tertiary/aromatic N) is 1. The molecule has 2 unspecified atom stereocenters. The molecule has 0 saturated carbocycles. The molecule has 2 aromatic rings. The van der Waals surface area contributed by atoms with E-state index in [0.717, 1.165) is 75.1 Å². The quantitative estimate of drug-likeness (QED) is 0.224. The Labute approximate surface area is 201 Å². The Hall–Kier alpha value is -2.84. The summed E-state index contributed by atoms with van der Waals surface area (Å²) in [5, 5.41) is 23.9. The molecule has 0 bridgehead atoms. The van der Waals surface area contributed by atoms with Gasteiger partial charge in [0.15, 0.2) is 17.2 Å². The van der Waals surface area contributed by atoms with Crippen molar-refractivity contribution in [1.29, 1.82) is 0 Å². The summed E-state index contributed by atoms with van der Waals surface area (Å²) in [5.74, 6) is 1.70. The second kappa shape index (κ2) is 12.6. The van der Waals surface area contributed by atoms with E-state index in [1.54, 1.807) is 20.3 Å². The van der Waals surface area contributed by atoms with Gasteiger partial charge in [-0.05, 0) is 74.4 Å². The van der Waals surface area contributed by atoms with Crippen molar-refractivity contribution in [2.24, 2.45) is 5.73 Å². The van der Waals surface area contributed by atoms with Gasteiger partial charge in [-0.15, -0.1) is 0 Å². The Balaban J connectivity index is 1.36. The molecule has 1 aliphatic rings. The fourth-order valence-corrected chi connectivity index (χ4v) is 4.92. The highest BCUT2D eigenvalue weighted by atomic mass is 16.6. The first kappa shape index (κ1) is 25.8. The van der Waals surface area contributed by atoms with Crippen molar-refractivity contribution in [2.75, 3.05) is 27.3 Å². The molecule has 34 heavy (non-hydrogen) atoms. The Morgan fingerprint density at radius 1 is 1.12 bits per heavy atom. The highest BCUT2D eigenvalue weighted by Crippen LogP contribution is 2.43. The van der Waals surface area contributed by atoms with Crippen LogP contribution in [0.3, 0.4) is 0 Å².